The smallest absolute Gasteiger partial charge is 0.318 e. The van der Waals surface area contributed by atoms with Crippen LogP contribution in [-0.2, 0) is 14.8 Å². The van der Waals surface area contributed by atoms with Gasteiger partial charge in [-0.3, -0.25) is 9.89 Å². The van der Waals surface area contributed by atoms with Gasteiger partial charge in [0, 0.05) is 6.54 Å². The highest BCUT2D eigenvalue weighted by atomic mass is 32.2. The molecule has 0 amide bonds. The zero-order valence-corrected chi connectivity index (χ0v) is 9.85. The maximum Gasteiger partial charge on any atom is 0.318 e. The zero-order valence-electron chi connectivity index (χ0n) is 9.04. The Morgan fingerprint density at radius 3 is 2.76 bits per heavy atom. The first-order chi connectivity index (χ1) is 8.00. The van der Waals surface area contributed by atoms with Crippen molar-refractivity contribution in [1.29, 1.82) is 0 Å². The number of nitrogens with zero attached hydrogens (tertiary/aromatic N) is 2. The Bertz CT molecular complexity index is 492. The number of carbonyl (C=O) groups is 1. The third kappa shape index (κ3) is 2.83. The molecule has 94 valence electrons. The summed E-state index contributed by atoms with van der Waals surface area (Å²) in [6.45, 7) is -0.258. The number of rotatable bonds is 6. The minimum absolute atomic E-state index is 0.0700. The summed E-state index contributed by atoms with van der Waals surface area (Å²) >= 11 is 0. The van der Waals surface area contributed by atoms with Crippen LogP contribution in [0.5, 0.6) is 0 Å². The fraction of sp³-hybridized carbons (Fsp3) is 0.556. The standard InChI is InChI=1S/C9H13N3O4S/c13-9(14)6-12(5-7-1-2-7)17(15,16)8-3-4-10-11-8/h3-4,7H,1-2,5-6H2,(H,10,11)(H,13,14). The first-order valence-electron chi connectivity index (χ1n) is 5.21. The summed E-state index contributed by atoms with van der Waals surface area (Å²) in [7, 11) is -3.77. The Balaban J connectivity index is 2.21. The molecular formula is C9H13N3O4S. The van der Waals surface area contributed by atoms with E-state index in [1.807, 2.05) is 0 Å². The average molecular weight is 259 g/mol. The Morgan fingerprint density at radius 1 is 1.59 bits per heavy atom. The minimum Gasteiger partial charge on any atom is -0.480 e. The van der Waals surface area contributed by atoms with Crippen molar-refractivity contribution in [2.45, 2.75) is 17.9 Å². The molecular weight excluding hydrogens is 246 g/mol. The molecule has 0 aliphatic heterocycles. The number of aliphatic carboxylic acids is 1. The van der Waals surface area contributed by atoms with Gasteiger partial charge in [0.15, 0.2) is 5.03 Å². The number of sulfonamides is 1. The first-order valence-corrected chi connectivity index (χ1v) is 6.65. The molecule has 0 atom stereocenters. The lowest BCUT2D eigenvalue weighted by atomic mass is 10.4. The molecule has 0 aromatic carbocycles. The van der Waals surface area contributed by atoms with Crippen molar-refractivity contribution in [2.75, 3.05) is 13.1 Å². The molecule has 0 spiro atoms. The van der Waals surface area contributed by atoms with Crippen molar-refractivity contribution in [2.24, 2.45) is 5.92 Å². The fourth-order valence-electron chi connectivity index (χ4n) is 1.51. The van der Waals surface area contributed by atoms with E-state index < -0.39 is 22.5 Å². The van der Waals surface area contributed by atoms with Crippen LogP contribution in [0.1, 0.15) is 12.8 Å². The normalized spacial score (nSPS) is 16.3. The van der Waals surface area contributed by atoms with Crippen molar-refractivity contribution >= 4 is 16.0 Å². The van der Waals surface area contributed by atoms with E-state index in [1.54, 1.807) is 0 Å². The van der Waals surface area contributed by atoms with Gasteiger partial charge in [0.2, 0.25) is 0 Å². The number of aromatic nitrogens is 2. The fourth-order valence-corrected chi connectivity index (χ4v) is 2.88. The number of nitrogens with one attached hydrogen (secondary N) is 1. The topological polar surface area (TPSA) is 103 Å². The van der Waals surface area contributed by atoms with E-state index in [2.05, 4.69) is 10.2 Å². The monoisotopic (exact) mass is 259 g/mol. The highest BCUT2D eigenvalue weighted by Gasteiger charge is 2.33. The van der Waals surface area contributed by atoms with Gasteiger partial charge in [-0.25, -0.2) is 8.42 Å². The van der Waals surface area contributed by atoms with Crippen molar-refractivity contribution in [3.8, 4) is 0 Å². The van der Waals surface area contributed by atoms with Crippen LogP contribution < -0.4 is 0 Å². The number of hydrogen-bond donors (Lipinski definition) is 2. The molecule has 1 aliphatic rings. The molecule has 0 bridgehead atoms. The summed E-state index contributed by atoms with van der Waals surface area (Å²) in [6.07, 6.45) is 3.23. The van der Waals surface area contributed by atoms with Crippen LogP contribution in [0.15, 0.2) is 17.3 Å². The van der Waals surface area contributed by atoms with Gasteiger partial charge in [0.1, 0.15) is 6.54 Å². The number of carboxylic acid groups (broad SMARTS) is 1. The van der Waals surface area contributed by atoms with Gasteiger partial charge < -0.3 is 5.11 Å². The van der Waals surface area contributed by atoms with Crippen molar-refractivity contribution in [1.82, 2.24) is 14.5 Å². The Labute approximate surface area is 98.5 Å². The zero-order chi connectivity index (χ0) is 12.5. The molecule has 0 radical (unpaired) electrons. The molecule has 1 saturated carbocycles. The first kappa shape index (κ1) is 12.1. The lowest BCUT2D eigenvalue weighted by Gasteiger charge is -2.18. The van der Waals surface area contributed by atoms with Crippen LogP contribution in [-0.4, -0.2) is 47.1 Å². The van der Waals surface area contributed by atoms with E-state index in [1.165, 1.54) is 12.3 Å². The summed E-state index contributed by atoms with van der Waals surface area (Å²) in [5.74, 6) is -0.874. The Morgan fingerprint density at radius 2 is 2.29 bits per heavy atom. The Kier molecular flexibility index (Phi) is 3.16. The highest BCUT2D eigenvalue weighted by Crippen LogP contribution is 2.31. The predicted octanol–water partition coefficient (Wildman–Crippen LogP) is -0.105. The van der Waals surface area contributed by atoms with Crippen LogP contribution in [0.25, 0.3) is 0 Å². The van der Waals surface area contributed by atoms with E-state index in [0.29, 0.717) is 0 Å². The lowest BCUT2D eigenvalue weighted by Crippen LogP contribution is -2.37. The van der Waals surface area contributed by atoms with E-state index in [9.17, 15) is 13.2 Å². The quantitative estimate of drug-likeness (QED) is 0.742. The van der Waals surface area contributed by atoms with E-state index >= 15 is 0 Å². The van der Waals surface area contributed by atoms with Crippen molar-refractivity contribution < 1.29 is 18.3 Å². The molecule has 1 aliphatic carbocycles. The van der Waals surface area contributed by atoms with Gasteiger partial charge in [-0.1, -0.05) is 0 Å². The van der Waals surface area contributed by atoms with Gasteiger partial charge in [-0.05, 0) is 24.8 Å². The summed E-state index contributed by atoms with van der Waals surface area (Å²) in [5, 5.41) is 14.6. The molecule has 7 nitrogen and oxygen atoms in total. The van der Waals surface area contributed by atoms with Gasteiger partial charge in [0.05, 0.1) is 6.20 Å². The van der Waals surface area contributed by atoms with E-state index in [0.717, 1.165) is 17.1 Å². The molecule has 2 N–H and O–H groups in total. The summed E-state index contributed by atoms with van der Waals surface area (Å²) in [4.78, 5) is 10.7. The summed E-state index contributed by atoms with van der Waals surface area (Å²) < 4.78 is 25.2. The second kappa shape index (κ2) is 4.46. The molecule has 2 rings (SSSR count). The Hall–Kier alpha value is -1.41. The molecule has 1 aromatic heterocycles. The van der Waals surface area contributed by atoms with Crippen LogP contribution in [0.4, 0.5) is 0 Å². The van der Waals surface area contributed by atoms with E-state index in [4.69, 9.17) is 5.11 Å². The highest BCUT2D eigenvalue weighted by molar-refractivity contribution is 7.89. The van der Waals surface area contributed by atoms with Crippen LogP contribution in [0, 0.1) is 5.92 Å². The second-order valence-electron chi connectivity index (χ2n) is 4.06. The van der Waals surface area contributed by atoms with E-state index in [-0.39, 0.29) is 17.5 Å². The lowest BCUT2D eigenvalue weighted by molar-refractivity contribution is -0.137. The molecule has 1 aromatic rings. The maximum atomic E-state index is 12.1. The molecule has 8 heteroatoms. The molecule has 0 saturated heterocycles. The molecule has 17 heavy (non-hydrogen) atoms. The third-order valence-corrected chi connectivity index (χ3v) is 4.30. The number of aromatic amines is 1. The minimum atomic E-state index is -3.77. The number of hydrogen-bond acceptors (Lipinski definition) is 4. The maximum absolute atomic E-state index is 12.1. The van der Waals surface area contributed by atoms with Crippen LogP contribution in [0.2, 0.25) is 0 Å². The van der Waals surface area contributed by atoms with Gasteiger partial charge >= 0.3 is 5.97 Å². The van der Waals surface area contributed by atoms with Gasteiger partial charge in [0.25, 0.3) is 10.0 Å². The van der Waals surface area contributed by atoms with Gasteiger partial charge in [-0.2, -0.15) is 9.40 Å². The van der Waals surface area contributed by atoms with Crippen molar-refractivity contribution in [3.63, 3.8) is 0 Å². The largest absolute Gasteiger partial charge is 0.480 e. The van der Waals surface area contributed by atoms with Crippen LogP contribution >= 0.6 is 0 Å². The number of carboxylic acids is 1. The molecule has 0 unspecified atom stereocenters. The second-order valence-corrected chi connectivity index (χ2v) is 5.96. The molecule has 1 fully saturated rings. The van der Waals surface area contributed by atoms with Crippen molar-refractivity contribution in [3.05, 3.63) is 12.3 Å². The van der Waals surface area contributed by atoms with Gasteiger partial charge in [-0.15, -0.1) is 0 Å². The average Bonchev–Trinajstić information content (AvgIpc) is 2.88. The van der Waals surface area contributed by atoms with Crippen LogP contribution in [0.3, 0.4) is 0 Å². The molecule has 1 heterocycles. The number of H-pyrrole nitrogens is 1. The SMILES string of the molecule is O=C(O)CN(CC1CC1)S(=O)(=O)c1ccn[nH]1. The third-order valence-electron chi connectivity index (χ3n) is 2.56. The predicted molar refractivity (Wildman–Crippen MR) is 57.7 cm³/mol. The summed E-state index contributed by atoms with van der Waals surface area (Å²) in [5.41, 5.74) is 0. The summed E-state index contributed by atoms with van der Waals surface area (Å²) in [6, 6.07) is 1.32.